The molecule has 9 heteroatoms. The monoisotopic (exact) mass is 382 g/mol. The van der Waals surface area contributed by atoms with E-state index in [1.165, 1.54) is 37.5 Å². The second kappa shape index (κ2) is 5.99. The van der Waals surface area contributed by atoms with Gasteiger partial charge in [0.05, 0.1) is 4.90 Å². The summed E-state index contributed by atoms with van der Waals surface area (Å²) in [4.78, 5) is 11.6. The van der Waals surface area contributed by atoms with Crippen LogP contribution < -0.4 is 10.2 Å². The molecule has 0 atom stereocenters. The van der Waals surface area contributed by atoms with Gasteiger partial charge in [-0.05, 0) is 44.2 Å². The summed E-state index contributed by atoms with van der Waals surface area (Å²) in [5.74, 6) is -0.874. The fourth-order valence-electron chi connectivity index (χ4n) is 2.48. The highest BCUT2D eigenvalue weighted by molar-refractivity contribution is 7.89. The van der Waals surface area contributed by atoms with Gasteiger partial charge in [0.25, 0.3) is 5.91 Å². The van der Waals surface area contributed by atoms with Crippen molar-refractivity contribution in [1.82, 2.24) is 10.2 Å². The zero-order valence-electron chi connectivity index (χ0n) is 13.3. The lowest BCUT2D eigenvalue weighted by atomic mass is 10.1. The van der Waals surface area contributed by atoms with E-state index in [-0.39, 0.29) is 4.90 Å². The maximum atomic E-state index is 12.6. The highest BCUT2D eigenvalue weighted by Gasteiger charge is 2.33. The quantitative estimate of drug-likeness (QED) is 0.475. The molecule has 0 aliphatic carbocycles. The van der Waals surface area contributed by atoms with Gasteiger partial charge in [-0.3, -0.25) is 10.0 Å². The predicted molar refractivity (Wildman–Crippen MR) is 93.1 cm³/mol. The third-order valence-corrected chi connectivity index (χ3v) is 5.66. The van der Waals surface area contributed by atoms with E-state index in [2.05, 4.69) is 4.72 Å². The molecule has 0 aliphatic heterocycles. The Hall–Kier alpha value is -2.13. The lowest BCUT2D eigenvalue weighted by Crippen LogP contribution is -2.53. The number of rotatable bonds is 4. The van der Waals surface area contributed by atoms with Gasteiger partial charge in [-0.1, -0.05) is 11.6 Å². The minimum absolute atomic E-state index is 0.0311. The van der Waals surface area contributed by atoms with E-state index in [1.807, 2.05) is 0 Å². The van der Waals surface area contributed by atoms with Crippen LogP contribution in [-0.4, -0.2) is 25.1 Å². The van der Waals surface area contributed by atoms with Gasteiger partial charge in [0.2, 0.25) is 10.0 Å². The summed E-state index contributed by atoms with van der Waals surface area (Å²) < 4.78 is 33.1. The average Bonchev–Trinajstić information content (AvgIpc) is 2.89. The van der Waals surface area contributed by atoms with E-state index in [1.54, 1.807) is 18.2 Å². The summed E-state index contributed by atoms with van der Waals surface area (Å²) in [6.45, 7) is 2.67. The standard InChI is InChI=1S/C16H15ClN2O5S/c1-16(2,15(20)18-21)19-25(22,23)10-4-6-13-12(8-10)11-5-3-9(17)7-14(11)24-13/h3-8,19,21H,1-2H3,(H,18,20). The van der Waals surface area contributed by atoms with E-state index >= 15 is 0 Å². The molecule has 25 heavy (non-hydrogen) atoms. The molecular formula is C16H15ClN2O5S. The minimum Gasteiger partial charge on any atom is -0.456 e. The van der Waals surface area contributed by atoms with Crippen LogP contribution in [0.3, 0.4) is 0 Å². The number of halogens is 1. The van der Waals surface area contributed by atoms with Gasteiger partial charge in [-0.25, -0.2) is 13.9 Å². The molecule has 0 saturated carbocycles. The maximum Gasteiger partial charge on any atom is 0.264 e. The molecule has 0 unspecified atom stereocenters. The smallest absolute Gasteiger partial charge is 0.264 e. The van der Waals surface area contributed by atoms with Crippen molar-refractivity contribution in [2.45, 2.75) is 24.3 Å². The minimum atomic E-state index is -4.01. The van der Waals surface area contributed by atoms with Gasteiger partial charge in [-0.15, -0.1) is 0 Å². The normalized spacial score (nSPS) is 12.6. The zero-order chi connectivity index (χ0) is 18.4. The molecule has 3 rings (SSSR count). The first-order valence-corrected chi connectivity index (χ1v) is 9.10. The topological polar surface area (TPSA) is 109 Å². The van der Waals surface area contributed by atoms with Crippen LogP contribution in [0.2, 0.25) is 5.02 Å². The Kier molecular flexibility index (Phi) is 4.24. The third-order valence-electron chi connectivity index (χ3n) is 3.77. The number of hydrogen-bond donors (Lipinski definition) is 3. The summed E-state index contributed by atoms with van der Waals surface area (Å²) in [5, 5.41) is 10.6. The largest absolute Gasteiger partial charge is 0.456 e. The molecule has 1 aromatic heterocycles. The van der Waals surface area contributed by atoms with Crippen LogP contribution in [0.5, 0.6) is 0 Å². The van der Waals surface area contributed by atoms with Crippen molar-refractivity contribution in [1.29, 1.82) is 0 Å². The molecule has 0 fully saturated rings. The van der Waals surface area contributed by atoms with Gasteiger partial charge in [0.1, 0.15) is 16.7 Å². The molecule has 0 bridgehead atoms. The van der Waals surface area contributed by atoms with Gasteiger partial charge in [-0.2, -0.15) is 4.72 Å². The fourth-order valence-corrected chi connectivity index (χ4v) is 4.04. The summed E-state index contributed by atoms with van der Waals surface area (Å²) in [6, 6.07) is 9.46. The van der Waals surface area contributed by atoms with Crippen LogP contribution in [0.1, 0.15) is 13.8 Å². The lowest BCUT2D eigenvalue weighted by molar-refractivity contribution is -0.134. The first-order chi connectivity index (χ1) is 11.6. The van der Waals surface area contributed by atoms with Crippen molar-refractivity contribution >= 4 is 49.5 Å². The average molecular weight is 383 g/mol. The van der Waals surface area contributed by atoms with Crippen LogP contribution in [-0.2, 0) is 14.8 Å². The Morgan fingerprint density at radius 3 is 2.52 bits per heavy atom. The molecule has 2 aromatic carbocycles. The summed E-state index contributed by atoms with van der Waals surface area (Å²) in [5.41, 5.74) is 0.971. The van der Waals surface area contributed by atoms with Crippen LogP contribution in [0.4, 0.5) is 0 Å². The number of furan rings is 1. The van der Waals surface area contributed by atoms with Crippen molar-refractivity contribution in [3.63, 3.8) is 0 Å². The van der Waals surface area contributed by atoms with Crippen LogP contribution in [0.25, 0.3) is 21.9 Å². The Bertz CT molecular complexity index is 1090. The number of carbonyl (C=O) groups is 1. The van der Waals surface area contributed by atoms with Crippen molar-refractivity contribution in [2.75, 3.05) is 0 Å². The zero-order valence-corrected chi connectivity index (χ0v) is 14.9. The number of benzene rings is 2. The lowest BCUT2D eigenvalue weighted by Gasteiger charge is -2.23. The van der Waals surface area contributed by atoms with Gasteiger partial charge >= 0.3 is 0 Å². The number of carbonyl (C=O) groups excluding carboxylic acids is 1. The van der Waals surface area contributed by atoms with E-state index in [0.717, 1.165) is 5.39 Å². The Morgan fingerprint density at radius 1 is 1.12 bits per heavy atom. The van der Waals surface area contributed by atoms with Crippen molar-refractivity contribution < 1.29 is 22.8 Å². The summed E-state index contributed by atoms with van der Waals surface area (Å²) in [6.07, 6.45) is 0. The third kappa shape index (κ3) is 3.21. The van der Waals surface area contributed by atoms with E-state index < -0.39 is 21.5 Å². The van der Waals surface area contributed by atoms with Gasteiger partial charge < -0.3 is 4.42 Å². The molecule has 0 radical (unpaired) electrons. The first-order valence-electron chi connectivity index (χ1n) is 7.24. The summed E-state index contributed by atoms with van der Waals surface area (Å²) >= 11 is 5.94. The molecule has 3 N–H and O–H groups in total. The van der Waals surface area contributed by atoms with E-state index in [9.17, 15) is 13.2 Å². The number of fused-ring (bicyclic) bond motifs is 3. The second-order valence-electron chi connectivity index (χ2n) is 6.07. The first kappa shape index (κ1) is 17.7. The molecule has 1 amide bonds. The van der Waals surface area contributed by atoms with Crippen LogP contribution in [0, 0.1) is 0 Å². The number of sulfonamides is 1. The molecule has 0 spiro atoms. The molecule has 0 aliphatic rings. The van der Waals surface area contributed by atoms with Crippen LogP contribution in [0.15, 0.2) is 45.7 Å². The number of hydroxylamine groups is 1. The van der Waals surface area contributed by atoms with Crippen molar-refractivity contribution in [3.05, 3.63) is 41.4 Å². The highest BCUT2D eigenvalue weighted by atomic mass is 35.5. The van der Waals surface area contributed by atoms with E-state index in [4.69, 9.17) is 21.2 Å². The number of nitrogens with one attached hydrogen (secondary N) is 2. The molecule has 1 heterocycles. The molecule has 7 nitrogen and oxygen atoms in total. The Morgan fingerprint density at radius 2 is 1.84 bits per heavy atom. The van der Waals surface area contributed by atoms with Gasteiger partial charge in [0, 0.05) is 21.9 Å². The molecule has 132 valence electrons. The molecular weight excluding hydrogens is 368 g/mol. The summed E-state index contributed by atoms with van der Waals surface area (Å²) in [7, 11) is -4.01. The number of hydrogen-bond acceptors (Lipinski definition) is 5. The molecule has 0 saturated heterocycles. The van der Waals surface area contributed by atoms with Crippen molar-refractivity contribution in [3.8, 4) is 0 Å². The maximum absolute atomic E-state index is 12.6. The second-order valence-corrected chi connectivity index (χ2v) is 8.19. The van der Waals surface area contributed by atoms with Crippen LogP contribution >= 0.6 is 11.6 Å². The highest BCUT2D eigenvalue weighted by Crippen LogP contribution is 2.32. The van der Waals surface area contributed by atoms with Gasteiger partial charge in [0.15, 0.2) is 0 Å². The number of amides is 1. The van der Waals surface area contributed by atoms with E-state index in [0.29, 0.717) is 21.6 Å². The van der Waals surface area contributed by atoms with Crippen molar-refractivity contribution in [2.24, 2.45) is 0 Å². The predicted octanol–water partition coefficient (Wildman–Crippen LogP) is 2.80. The fraction of sp³-hybridized carbons (Fsp3) is 0.188. The Balaban J connectivity index is 2.09. The molecule has 3 aromatic rings. The Labute approximate surface area is 148 Å². The SMILES string of the molecule is CC(C)(NS(=O)(=O)c1ccc2oc3cc(Cl)ccc3c2c1)C(=O)NO.